The molecule has 8 heteroatoms. The lowest BCUT2D eigenvalue weighted by molar-refractivity contribution is -0.308. The number of aryl methyl sites for hydroxylation is 1. The van der Waals surface area contributed by atoms with Crippen molar-refractivity contribution in [2.45, 2.75) is 32.7 Å². The summed E-state index contributed by atoms with van der Waals surface area (Å²) < 4.78 is 16.2. The predicted octanol–water partition coefficient (Wildman–Crippen LogP) is 2.19. The molecule has 1 N–H and O–H groups in total. The number of nitrogens with one attached hydrogen (secondary N) is 1. The van der Waals surface area contributed by atoms with Crippen LogP contribution in [0.25, 0.3) is 22.1 Å². The molecule has 1 aromatic heterocycles. The summed E-state index contributed by atoms with van der Waals surface area (Å²) in [4.78, 5) is 35.4. The average molecular weight is 438 g/mol. The summed E-state index contributed by atoms with van der Waals surface area (Å²) >= 11 is 0. The maximum absolute atomic E-state index is 12.2. The van der Waals surface area contributed by atoms with Crippen LogP contribution in [0.4, 0.5) is 0 Å². The van der Waals surface area contributed by atoms with Crippen molar-refractivity contribution in [1.29, 1.82) is 0 Å². The number of carbonyl (C=O) groups is 2. The van der Waals surface area contributed by atoms with Crippen molar-refractivity contribution in [2.75, 3.05) is 13.7 Å². The first-order valence-corrected chi connectivity index (χ1v) is 10.2. The molecule has 1 amide bonds. The number of rotatable bonds is 9. The normalized spacial score (nSPS) is 11.7. The zero-order chi connectivity index (χ0) is 23.3. The monoisotopic (exact) mass is 438 g/mol. The highest BCUT2D eigenvalue weighted by atomic mass is 16.5. The fourth-order valence-corrected chi connectivity index (χ4v) is 3.43. The number of carboxylic acid groups (broad SMARTS) is 1. The van der Waals surface area contributed by atoms with Crippen LogP contribution < -0.4 is 25.5 Å². The molecule has 0 fully saturated rings. The summed E-state index contributed by atoms with van der Waals surface area (Å²) in [6, 6.07) is 11.1. The number of methoxy groups -OCH3 is 1. The standard InChI is InChI=1S/C24H25NO7/c1-4-5-19(24(28)29)25-21(26)13-31-20-11-10-17-18(12-22(27)32-23(17)14(20)2)15-6-8-16(30-3)9-7-15/h6-12,19H,4-5,13H2,1-3H3,(H,25,26)(H,28,29)/p-1/t19-/m1/s1. The van der Waals surface area contributed by atoms with Gasteiger partial charge in [0.25, 0.3) is 5.91 Å². The molecular formula is C24H24NO7-. The van der Waals surface area contributed by atoms with E-state index in [-0.39, 0.29) is 13.0 Å². The third kappa shape index (κ3) is 5.08. The van der Waals surface area contributed by atoms with Gasteiger partial charge in [0, 0.05) is 17.0 Å². The van der Waals surface area contributed by atoms with Crippen LogP contribution in [0.1, 0.15) is 25.3 Å². The SMILES string of the molecule is CCC[C@@H](NC(=O)COc1ccc2c(-c3ccc(OC)cc3)cc(=O)oc2c1C)C(=O)[O-]. The molecule has 0 aliphatic heterocycles. The fraction of sp³-hybridized carbons (Fsp3) is 0.292. The Balaban J connectivity index is 1.86. The van der Waals surface area contributed by atoms with Crippen molar-refractivity contribution in [3.8, 4) is 22.6 Å². The molecule has 1 heterocycles. The van der Waals surface area contributed by atoms with Crippen LogP contribution in [0.5, 0.6) is 11.5 Å². The summed E-state index contributed by atoms with van der Waals surface area (Å²) in [5.41, 5.74) is 1.90. The molecule has 32 heavy (non-hydrogen) atoms. The van der Waals surface area contributed by atoms with E-state index >= 15 is 0 Å². The van der Waals surface area contributed by atoms with Crippen molar-refractivity contribution < 1.29 is 28.6 Å². The quantitative estimate of drug-likeness (QED) is 0.509. The molecule has 0 saturated carbocycles. The number of amides is 1. The Morgan fingerprint density at radius 3 is 2.50 bits per heavy atom. The molecule has 0 radical (unpaired) electrons. The Hall–Kier alpha value is -3.81. The lowest BCUT2D eigenvalue weighted by Gasteiger charge is -2.19. The van der Waals surface area contributed by atoms with Crippen LogP contribution in [-0.2, 0) is 9.59 Å². The van der Waals surface area contributed by atoms with E-state index in [1.54, 1.807) is 38.3 Å². The zero-order valence-electron chi connectivity index (χ0n) is 18.1. The Bertz CT molecular complexity index is 1180. The molecule has 0 bridgehead atoms. The number of carboxylic acids is 1. The van der Waals surface area contributed by atoms with Gasteiger partial charge in [-0.15, -0.1) is 0 Å². The van der Waals surface area contributed by atoms with E-state index < -0.39 is 23.5 Å². The smallest absolute Gasteiger partial charge is 0.336 e. The number of ether oxygens (including phenoxy) is 2. The first kappa shape index (κ1) is 22.9. The Morgan fingerprint density at radius 2 is 1.88 bits per heavy atom. The number of hydrogen-bond donors (Lipinski definition) is 1. The van der Waals surface area contributed by atoms with Crippen LogP contribution in [-0.4, -0.2) is 31.6 Å². The van der Waals surface area contributed by atoms with Gasteiger partial charge in [-0.3, -0.25) is 4.79 Å². The summed E-state index contributed by atoms with van der Waals surface area (Å²) in [6.07, 6.45) is 0.849. The number of aliphatic carboxylic acids is 1. The fourth-order valence-electron chi connectivity index (χ4n) is 3.43. The number of benzene rings is 2. The highest BCUT2D eigenvalue weighted by Crippen LogP contribution is 2.33. The number of fused-ring (bicyclic) bond motifs is 1. The lowest BCUT2D eigenvalue weighted by atomic mass is 10.00. The topological polar surface area (TPSA) is 118 Å². The summed E-state index contributed by atoms with van der Waals surface area (Å²) in [5.74, 6) is -0.871. The summed E-state index contributed by atoms with van der Waals surface area (Å²) in [5, 5.41) is 14.2. The molecule has 0 aliphatic rings. The molecular weight excluding hydrogens is 414 g/mol. The molecule has 3 rings (SSSR count). The molecule has 0 spiro atoms. The van der Waals surface area contributed by atoms with E-state index in [1.807, 2.05) is 19.1 Å². The van der Waals surface area contributed by atoms with Crippen LogP contribution in [0, 0.1) is 6.92 Å². The van der Waals surface area contributed by atoms with Gasteiger partial charge in [-0.1, -0.05) is 25.5 Å². The van der Waals surface area contributed by atoms with Gasteiger partial charge >= 0.3 is 5.63 Å². The molecule has 1 atom stereocenters. The number of hydrogen-bond acceptors (Lipinski definition) is 7. The molecule has 0 unspecified atom stereocenters. The molecule has 0 aliphatic carbocycles. The van der Waals surface area contributed by atoms with Crippen LogP contribution in [0.2, 0.25) is 0 Å². The van der Waals surface area contributed by atoms with E-state index in [4.69, 9.17) is 13.9 Å². The van der Waals surface area contributed by atoms with Gasteiger partial charge in [0.15, 0.2) is 6.61 Å². The van der Waals surface area contributed by atoms with Crippen LogP contribution in [0.3, 0.4) is 0 Å². The minimum Gasteiger partial charge on any atom is -0.548 e. The van der Waals surface area contributed by atoms with Crippen molar-refractivity contribution in [3.63, 3.8) is 0 Å². The van der Waals surface area contributed by atoms with Crippen molar-refractivity contribution >= 4 is 22.8 Å². The van der Waals surface area contributed by atoms with Crippen LogP contribution >= 0.6 is 0 Å². The van der Waals surface area contributed by atoms with Gasteiger partial charge in [-0.2, -0.15) is 0 Å². The Kier molecular flexibility index (Phi) is 7.14. The molecule has 3 aromatic rings. The van der Waals surface area contributed by atoms with E-state index in [2.05, 4.69) is 5.32 Å². The van der Waals surface area contributed by atoms with E-state index in [0.29, 0.717) is 40.0 Å². The second kappa shape index (κ2) is 10.00. The third-order valence-corrected chi connectivity index (χ3v) is 5.07. The van der Waals surface area contributed by atoms with Crippen molar-refractivity contribution in [2.24, 2.45) is 0 Å². The zero-order valence-corrected chi connectivity index (χ0v) is 18.1. The lowest BCUT2D eigenvalue weighted by Crippen LogP contribution is -2.49. The van der Waals surface area contributed by atoms with Crippen molar-refractivity contribution in [1.82, 2.24) is 5.32 Å². The molecule has 8 nitrogen and oxygen atoms in total. The minimum absolute atomic E-state index is 0.266. The maximum atomic E-state index is 12.2. The average Bonchev–Trinajstić information content (AvgIpc) is 2.78. The summed E-state index contributed by atoms with van der Waals surface area (Å²) in [6.45, 7) is 3.14. The first-order chi connectivity index (χ1) is 15.3. The van der Waals surface area contributed by atoms with Crippen LogP contribution in [0.15, 0.2) is 51.7 Å². The highest BCUT2D eigenvalue weighted by Gasteiger charge is 2.16. The van der Waals surface area contributed by atoms with E-state index in [0.717, 1.165) is 5.56 Å². The summed E-state index contributed by atoms with van der Waals surface area (Å²) in [7, 11) is 1.58. The van der Waals surface area contributed by atoms with Gasteiger partial charge in [0.2, 0.25) is 0 Å². The maximum Gasteiger partial charge on any atom is 0.336 e. The second-order valence-corrected chi connectivity index (χ2v) is 7.29. The Morgan fingerprint density at radius 1 is 1.16 bits per heavy atom. The Labute approximate surface area is 184 Å². The predicted molar refractivity (Wildman–Crippen MR) is 117 cm³/mol. The first-order valence-electron chi connectivity index (χ1n) is 10.2. The van der Waals surface area contributed by atoms with Gasteiger partial charge in [-0.05, 0) is 48.7 Å². The molecule has 0 saturated heterocycles. The highest BCUT2D eigenvalue weighted by molar-refractivity contribution is 5.95. The molecule has 168 valence electrons. The minimum atomic E-state index is -1.34. The van der Waals surface area contributed by atoms with E-state index in [9.17, 15) is 19.5 Å². The number of carbonyl (C=O) groups excluding carboxylic acids is 2. The van der Waals surface area contributed by atoms with Crippen molar-refractivity contribution in [3.05, 3.63) is 58.4 Å². The molecule has 2 aromatic carbocycles. The van der Waals surface area contributed by atoms with E-state index in [1.165, 1.54) is 6.07 Å². The van der Waals surface area contributed by atoms with Gasteiger partial charge < -0.3 is 29.1 Å². The largest absolute Gasteiger partial charge is 0.548 e. The van der Waals surface area contributed by atoms with Gasteiger partial charge in [-0.25, -0.2) is 4.79 Å². The van der Waals surface area contributed by atoms with Gasteiger partial charge in [0.1, 0.15) is 17.1 Å². The third-order valence-electron chi connectivity index (χ3n) is 5.07. The second-order valence-electron chi connectivity index (χ2n) is 7.29. The van der Waals surface area contributed by atoms with Gasteiger partial charge in [0.05, 0.1) is 19.1 Å².